The van der Waals surface area contributed by atoms with Crippen molar-refractivity contribution < 1.29 is 0 Å². The molecule has 2 heterocycles. The third kappa shape index (κ3) is 3.12. The number of fused-ring (bicyclic) bond motifs is 2. The van der Waals surface area contributed by atoms with Crippen LogP contribution in [0.4, 0.5) is 0 Å². The van der Waals surface area contributed by atoms with Crippen molar-refractivity contribution in [1.29, 1.82) is 0 Å². The van der Waals surface area contributed by atoms with Gasteiger partial charge in [0, 0.05) is 42.3 Å². The summed E-state index contributed by atoms with van der Waals surface area (Å²) in [6, 6.07) is 27.9. The maximum atomic E-state index is 5.99. The topological polar surface area (TPSA) is 8.17 Å². The van der Waals surface area contributed by atoms with E-state index < -0.39 is 0 Å². The number of para-hydroxylation sites is 1. The zero-order chi connectivity index (χ0) is 18.9. The summed E-state index contributed by atoms with van der Waals surface area (Å²) in [6.07, 6.45) is 3.29. The van der Waals surface area contributed by atoms with Crippen LogP contribution in [0, 0.1) is 0 Å². The van der Waals surface area contributed by atoms with Crippen molar-refractivity contribution in [3.63, 3.8) is 0 Å². The molecule has 0 unspecified atom stereocenters. The molecular weight excluding hydrogens is 360 g/mol. The molecule has 0 atom stereocenters. The Morgan fingerprint density at radius 2 is 1.54 bits per heavy atom. The van der Waals surface area contributed by atoms with E-state index in [-0.39, 0.29) is 0 Å². The minimum Gasteiger partial charge on any atom is -0.358 e. The number of rotatable bonds is 3. The molecule has 0 amide bonds. The maximum absolute atomic E-state index is 5.99. The third-order valence-corrected chi connectivity index (χ3v) is 6.11. The van der Waals surface area contributed by atoms with Crippen LogP contribution in [-0.4, -0.2) is 21.0 Å². The Kier molecular flexibility index (Phi) is 4.46. The van der Waals surface area contributed by atoms with E-state index in [0.29, 0.717) is 0 Å². The maximum Gasteiger partial charge on any atom is 0.111 e. The van der Waals surface area contributed by atoms with E-state index in [9.17, 15) is 0 Å². The Balaban J connectivity index is 1.50. The lowest BCUT2D eigenvalue weighted by Crippen LogP contribution is -2.35. The molecule has 1 aromatic heterocycles. The molecule has 1 aliphatic heterocycles. The highest BCUT2D eigenvalue weighted by Gasteiger charge is 2.21. The fourth-order valence-electron chi connectivity index (χ4n) is 4.17. The normalized spacial score (nSPS) is 13.5. The predicted molar refractivity (Wildman–Crippen MR) is 120 cm³/mol. The molecule has 0 saturated carbocycles. The molecule has 0 bridgehead atoms. The Hall–Kier alpha value is -2.91. The first kappa shape index (κ1) is 17.2. The molecule has 28 heavy (non-hydrogen) atoms. The zero-order valence-corrected chi connectivity index (χ0v) is 16.5. The summed E-state index contributed by atoms with van der Waals surface area (Å²) in [6.45, 7) is 2.73. The SMILES string of the molecule is S=C(c1cn(Cc2ccccc2)c2ccccc12)N1CCc2ccccc2C1. The average molecular weight is 383 g/mol. The van der Waals surface area contributed by atoms with Crippen molar-refractivity contribution in [3.05, 3.63) is 107 Å². The molecule has 1 aliphatic rings. The van der Waals surface area contributed by atoms with E-state index in [4.69, 9.17) is 12.2 Å². The minimum absolute atomic E-state index is 0.854. The monoisotopic (exact) mass is 382 g/mol. The first-order valence-electron chi connectivity index (χ1n) is 9.77. The summed E-state index contributed by atoms with van der Waals surface area (Å²) in [5.74, 6) is 0. The number of nitrogens with zero attached hydrogens (tertiary/aromatic N) is 2. The molecule has 4 aromatic rings. The van der Waals surface area contributed by atoms with Crippen molar-refractivity contribution in [2.24, 2.45) is 0 Å². The molecule has 3 heteroatoms. The predicted octanol–water partition coefficient (Wildman–Crippen LogP) is 5.42. The number of hydrogen-bond donors (Lipinski definition) is 0. The van der Waals surface area contributed by atoms with Gasteiger partial charge in [-0.05, 0) is 29.2 Å². The van der Waals surface area contributed by atoms with Gasteiger partial charge in [-0.3, -0.25) is 0 Å². The summed E-state index contributed by atoms with van der Waals surface area (Å²) in [5.41, 5.74) is 6.55. The van der Waals surface area contributed by atoms with Crippen molar-refractivity contribution in [3.8, 4) is 0 Å². The molecule has 0 radical (unpaired) electrons. The molecule has 0 fully saturated rings. The summed E-state index contributed by atoms with van der Waals surface area (Å²) in [5, 5.41) is 1.24. The van der Waals surface area contributed by atoms with Crippen LogP contribution in [0.2, 0.25) is 0 Å². The van der Waals surface area contributed by atoms with Crippen LogP contribution < -0.4 is 0 Å². The van der Waals surface area contributed by atoms with Crippen LogP contribution in [0.3, 0.4) is 0 Å². The van der Waals surface area contributed by atoms with Gasteiger partial charge >= 0.3 is 0 Å². The molecule has 0 saturated heterocycles. The summed E-state index contributed by atoms with van der Waals surface area (Å²) < 4.78 is 2.32. The van der Waals surface area contributed by atoms with Gasteiger partial charge in [0.05, 0.1) is 0 Å². The average Bonchev–Trinajstić information content (AvgIpc) is 3.12. The Morgan fingerprint density at radius 1 is 0.821 bits per heavy atom. The van der Waals surface area contributed by atoms with Crippen LogP contribution in [0.25, 0.3) is 10.9 Å². The van der Waals surface area contributed by atoms with Crippen LogP contribution in [-0.2, 0) is 19.5 Å². The van der Waals surface area contributed by atoms with Crippen LogP contribution in [0.15, 0.2) is 85.1 Å². The molecule has 0 aliphatic carbocycles. The second-order valence-electron chi connectivity index (χ2n) is 7.42. The van der Waals surface area contributed by atoms with Crippen LogP contribution in [0.1, 0.15) is 22.3 Å². The van der Waals surface area contributed by atoms with Gasteiger partial charge in [0.1, 0.15) is 4.99 Å². The van der Waals surface area contributed by atoms with Gasteiger partial charge in [0.25, 0.3) is 0 Å². The lowest BCUT2D eigenvalue weighted by atomic mass is 9.99. The fourth-order valence-corrected chi connectivity index (χ4v) is 4.49. The summed E-state index contributed by atoms with van der Waals surface area (Å²) >= 11 is 5.99. The van der Waals surface area contributed by atoms with Gasteiger partial charge in [-0.1, -0.05) is 85.0 Å². The first-order valence-corrected chi connectivity index (χ1v) is 10.2. The Labute approximate surface area is 171 Å². The van der Waals surface area contributed by atoms with E-state index in [0.717, 1.165) is 31.0 Å². The van der Waals surface area contributed by atoms with E-state index in [1.54, 1.807) is 0 Å². The first-order chi connectivity index (χ1) is 13.8. The summed E-state index contributed by atoms with van der Waals surface area (Å²) in [4.78, 5) is 3.31. The van der Waals surface area contributed by atoms with Crippen molar-refractivity contribution in [1.82, 2.24) is 9.47 Å². The van der Waals surface area contributed by atoms with Gasteiger partial charge in [0.2, 0.25) is 0 Å². The van der Waals surface area contributed by atoms with Crippen LogP contribution >= 0.6 is 12.2 Å². The summed E-state index contributed by atoms with van der Waals surface area (Å²) in [7, 11) is 0. The van der Waals surface area contributed by atoms with Gasteiger partial charge in [-0.2, -0.15) is 0 Å². The minimum atomic E-state index is 0.854. The number of hydrogen-bond acceptors (Lipinski definition) is 1. The van der Waals surface area contributed by atoms with Crippen molar-refractivity contribution in [2.75, 3.05) is 6.54 Å². The van der Waals surface area contributed by atoms with Crippen molar-refractivity contribution >= 4 is 28.1 Å². The smallest absolute Gasteiger partial charge is 0.111 e. The van der Waals surface area contributed by atoms with E-state index in [2.05, 4.69) is 94.5 Å². The second kappa shape index (κ2) is 7.25. The Morgan fingerprint density at radius 3 is 2.39 bits per heavy atom. The highest BCUT2D eigenvalue weighted by Crippen LogP contribution is 2.27. The fraction of sp³-hybridized carbons (Fsp3) is 0.160. The lowest BCUT2D eigenvalue weighted by Gasteiger charge is -2.30. The molecule has 0 N–H and O–H groups in total. The van der Waals surface area contributed by atoms with E-state index in [1.165, 1.54) is 33.2 Å². The third-order valence-electron chi connectivity index (χ3n) is 5.63. The number of benzene rings is 3. The molecule has 5 rings (SSSR count). The van der Waals surface area contributed by atoms with E-state index in [1.807, 2.05) is 0 Å². The second-order valence-corrected chi connectivity index (χ2v) is 7.81. The van der Waals surface area contributed by atoms with E-state index >= 15 is 0 Å². The molecule has 3 aromatic carbocycles. The molecule has 2 nitrogen and oxygen atoms in total. The molecule has 138 valence electrons. The van der Waals surface area contributed by atoms with Gasteiger partial charge in [0.15, 0.2) is 0 Å². The largest absolute Gasteiger partial charge is 0.358 e. The van der Waals surface area contributed by atoms with Crippen molar-refractivity contribution in [2.45, 2.75) is 19.5 Å². The number of aromatic nitrogens is 1. The number of thiocarbonyl (C=S) groups is 1. The molecule has 0 spiro atoms. The van der Waals surface area contributed by atoms with Crippen LogP contribution in [0.5, 0.6) is 0 Å². The molecular formula is C25H22N2S. The van der Waals surface area contributed by atoms with Gasteiger partial charge < -0.3 is 9.47 Å². The highest BCUT2D eigenvalue weighted by atomic mass is 32.1. The standard InChI is InChI=1S/C25H22N2S/c28-25(26-15-14-20-10-4-5-11-21(20)17-26)23-18-27(16-19-8-2-1-3-9-19)24-13-7-6-12-22(23)24/h1-13,18H,14-17H2. The highest BCUT2D eigenvalue weighted by molar-refractivity contribution is 7.80. The Bertz CT molecular complexity index is 1140. The lowest BCUT2D eigenvalue weighted by molar-refractivity contribution is 0.401. The van der Waals surface area contributed by atoms with Gasteiger partial charge in [-0.25, -0.2) is 0 Å². The quantitative estimate of drug-likeness (QED) is 0.437. The van der Waals surface area contributed by atoms with Gasteiger partial charge in [-0.15, -0.1) is 0 Å². The zero-order valence-electron chi connectivity index (χ0n) is 15.7.